The Morgan fingerprint density at radius 2 is 2.09 bits per heavy atom. The number of aromatic nitrogens is 2. The van der Waals surface area contributed by atoms with Gasteiger partial charge in [-0.25, -0.2) is 9.97 Å². The summed E-state index contributed by atoms with van der Waals surface area (Å²) in [5.74, 6) is 0.0264. The highest BCUT2D eigenvalue weighted by molar-refractivity contribution is 5.99. The fourth-order valence-corrected chi connectivity index (χ4v) is 3.48. The third-order valence-electron chi connectivity index (χ3n) is 4.75. The lowest BCUT2D eigenvalue weighted by Crippen LogP contribution is -2.43. The molecule has 0 radical (unpaired) electrons. The first kappa shape index (κ1) is 13.7. The molecule has 3 heterocycles. The molecule has 6 nitrogen and oxygen atoms in total. The van der Waals surface area contributed by atoms with E-state index >= 15 is 0 Å². The van der Waals surface area contributed by atoms with Gasteiger partial charge in [-0.15, -0.1) is 0 Å². The Hall–Kier alpha value is -2.94. The maximum Gasteiger partial charge on any atom is 0.232 e. The minimum atomic E-state index is -0.492. The van der Waals surface area contributed by atoms with Crippen LogP contribution in [0.1, 0.15) is 12.0 Å². The average molecular weight is 305 g/mol. The van der Waals surface area contributed by atoms with E-state index in [1.807, 2.05) is 12.1 Å². The summed E-state index contributed by atoms with van der Waals surface area (Å²) in [6.07, 6.45) is 8.59. The van der Waals surface area contributed by atoms with Gasteiger partial charge < -0.3 is 10.2 Å². The number of rotatable bonds is 1. The van der Waals surface area contributed by atoms with E-state index in [0.717, 1.165) is 22.4 Å². The first-order chi connectivity index (χ1) is 11.2. The highest BCUT2D eigenvalue weighted by atomic mass is 16.2. The van der Waals surface area contributed by atoms with E-state index in [2.05, 4.69) is 27.5 Å². The monoisotopic (exact) mass is 305 g/mol. The van der Waals surface area contributed by atoms with Gasteiger partial charge in [0.15, 0.2) is 6.19 Å². The molecule has 1 saturated heterocycles. The van der Waals surface area contributed by atoms with E-state index in [4.69, 9.17) is 5.26 Å². The van der Waals surface area contributed by atoms with Gasteiger partial charge in [0, 0.05) is 36.7 Å². The summed E-state index contributed by atoms with van der Waals surface area (Å²) in [4.78, 5) is 22.3. The van der Waals surface area contributed by atoms with Crippen LogP contribution in [0.3, 0.4) is 0 Å². The van der Waals surface area contributed by atoms with Crippen molar-refractivity contribution in [2.75, 3.05) is 18.4 Å². The third kappa shape index (κ3) is 2.21. The molecule has 0 bridgehead atoms. The van der Waals surface area contributed by atoms with E-state index in [0.29, 0.717) is 25.9 Å². The topological polar surface area (TPSA) is 81.9 Å². The molecule has 114 valence electrons. The Morgan fingerprint density at radius 1 is 1.26 bits per heavy atom. The maximum atomic E-state index is 12.5. The number of hydrogen-bond acceptors (Lipinski definition) is 5. The molecule has 1 atom stereocenters. The van der Waals surface area contributed by atoms with Crippen LogP contribution < -0.4 is 5.32 Å². The Labute approximate surface area is 133 Å². The van der Waals surface area contributed by atoms with E-state index < -0.39 is 5.41 Å². The predicted molar refractivity (Wildman–Crippen MR) is 84.0 cm³/mol. The van der Waals surface area contributed by atoms with Crippen molar-refractivity contribution < 1.29 is 4.79 Å². The molecule has 2 aromatic rings. The molecule has 1 aromatic heterocycles. The highest BCUT2D eigenvalue weighted by Crippen LogP contribution is 2.41. The molecule has 0 saturated carbocycles. The molecule has 2 aliphatic rings. The molecule has 1 aromatic carbocycles. The molecule has 1 N–H and O–H groups in total. The minimum Gasteiger partial charge on any atom is -0.325 e. The van der Waals surface area contributed by atoms with Crippen molar-refractivity contribution in [2.45, 2.75) is 12.8 Å². The standard InChI is InChI=1S/C17H15N5O/c18-10-22-4-3-17(9-22)6-13-5-12(14-7-19-11-20-8-14)1-2-15(13)21-16(17)23/h1-2,5,7-8,11H,3-4,6,9H2,(H,21,23). The van der Waals surface area contributed by atoms with E-state index in [-0.39, 0.29) is 5.91 Å². The van der Waals surface area contributed by atoms with Crippen molar-refractivity contribution in [3.8, 4) is 17.3 Å². The number of hydrogen-bond donors (Lipinski definition) is 1. The van der Waals surface area contributed by atoms with Crippen LogP contribution >= 0.6 is 0 Å². The van der Waals surface area contributed by atoms with Crippen LogP contribution in [0.5, 0.6) is 0 Å². The van der Waals surface area contributed by atoms with E-state index in [1.165, 1.54) is 6.33 Å². The van der Waals surface area contributed by atoms with Crippen molar-refractivity contribution in [3.63, 3.8) is 0 Å². The minimum absolute atomic E-state index is 0.0264. The second-order valence-corrected chi connectivity index (χ2v) is 6.18. The van der Waals surface area contributed by atoms with Crippen LogP contribution in [0.15, 0.2) is 36.9 Å². The van der Waals surface area contributed by atoms with Crippen LogP contribution in [0, 0.1) is 16.9 Å². The highest BCUT2D eigenvalue weighted by Gasteiger charge is 2.47. The Kier molecular flexibility index (Phi) is 3.01. The molecule has 1 amide bonds. The van der Waals surface area contributed by atoms with Crippen LogP contribution in [0.25, 0.3) is 11.1 Å². The zero-order valence-electron chi connectivity index (χ0n) is 12.5. The van der Waals surface area contributed by atoms with Gasteiger partial charge in [0.05, 0.1) is 5.41 Å². The molecule has 4 rings (SSSR count). The molecule has 23 heavy (non-hydrogen) atoms. The van der Waals surface area contributed by atoms with E-state index in [9.17, 15) is 4.79 Å². The number of benzene rings is 1. The van der Waals surface area contributed by atoms with Gasteiger partial charge in [0.1, 0.15) is 6.33 Å². The number of amides is 1. The maximum absolute atomic E-state index is 12.5. The number of nitriles is 1. The molecular weight excluding hydrogens is 290 g/mol. The van der Waals surface area contributed by atoms with Crippen molar-refractivity contribution in [1.29, 1.82) is 5.26 Å². The van der Waals surface area contributed by atoms with Crippen LogP contribution in [-0.2, 0) is 11.2 Å². The number of nitrogens with one attached hydrogen (secondary N) is 1. The normalized spacial score (nSPS) is 22.6. The molecule has 1 spiro atoms. The summed E-state index contributed by atoms with van der Waals surface area (Å²) in [6.45, 7) is 1.14. The van der Waals surface area contributed by atoms with Crippen molar-refractivity contribution in [1.82, 2.24) is 14.9 Å². The predicted octanol–water partition coefficient (Wildman–Crippen LogP) is 1.81. The first-order valence-corrected chi connectivity index (χ1v) is 7.55. The number of nitrogens with zero attached hydrogens (tertiary/aromatic N) is 4. The van der Waals surface area contributed by atoms with Gasteiger partial charge >= 0.3 is 0 Å². The molecule has 1 unspecified atom stereocenters. The molecule has 0 aliphatic carbocycles. The van der Waals surface area contributed by atoms with Gasteiger partial charge in [-0.3, -0.25) is 4.79 Å². The van der Waals surface area contributed by atoms with Gasteiger partial charge in [-0.05, 0) is 36.1 Å². The number of likely N-dealkylation sites (tertiary alicyclic amines) is 1. The second kappa shape index (κ2) is 5.06. The first-order valence-electron chi connectivity index (χ1n) is 7.55. The van der Waals surface area contributed by atoms with Gasteiger partial charge in [-0.2, -0.15) is 5.26 Å². The molecule has 1 fully saturated rings. The molecule has 6 heteroatoms. The Morgan fingerprint density at radius 3 is 2.83 bits per heavy atom. The lowest BCUT2D eigenvalue weighted by atomic mass is 9.76. The summed E-state index contributed by atoms with van der Waals surface area (Å²) < 4.78 is 0. The average Bonchev–Trinajstić information content (AvgIpc) is 3.01. The summed E-state index contributed by atoms with van der Waals surface area (Å²) in [5, 5.41) is 12.1. The lowest BCUT2D eigenvalue weighted by Gasteiger charge is -2.33. The smallest absolute Gasteiger partial charge is 0.232 e. The molecular formula is C17H15N5O. The molecule has 2 aliphatic heterocycles. The lowest BCUT2D eigenvalue weighted by molar-refractivity contribution is -0.125. The van der Waals surface area contributed by atoms with Crippen molar-refractivity contribution in [2.24, 2.45) is 5.41 Å². The van der Waals surface area contributed by atoms with Gasteiger partial charge in [-0.1, -0.05) is 6.07 Å². The fourth-order valence-electron chi connectivity index (χ4n) is 3.48. The van der Waals surface area contributed by atoms with Crippen LogP contribution in [0.4, 0.5) is 5.69 Å². The number of anilines is 1. The fraction of sp³-hybridized carbons (Fsp3) is 0.294. The Bertz CT molecular complexity index is 813. The third-order valence-corrected chi connectivity index (χ3v) is 4.75. The summed E-state index contributed by atoms with van der Waals surface area (Å²) >= 11 is 0. The van der Waals surface area contributed by atoms with Crippen molar-refractivity contribution in [3.05, 3.63) is 42.5 Å². The number of carbonyl (C=O) groups is 1. The second-order valence-electron chi connectivity index (χ2n) is 6.18. The van der Waals surface area contributed by atoms with Crippen LogP contribution in [-0.4, -0.2) is 33.9 Å². The number of fused-ring (bicyclic) bond motifs is 1. The van der Waals surface area contributed by atoms with Crippen LogP contribution in [0.2, 0.25) is 0 Å². The quantitative estimate of drug-likeness (QED) is 0.813. The summed E-state index contributed by atoms with van der Waals surface area (Å²) in [5.41, 5.74) is 3.45. The van der Waals surface area contributed by atoms with E-state index in [1.54, 1.807) is 17.3 Å². The Balaban J connectivity index is 1.71. The summed E-state index contributed by atoms with van der Waals surface area (Å²) in [7, 11) is 0. The van der Waals surface area contributed by atoms with Crippen molar-refractivity contribution >= 4 is 11.6 Å². The van der Waals surface area contributed by atoms with Gasteiger partial charge in [0.25, 0.3) is 0 Å². The zero-order valence-corrected chi connectivity index (χ0v) is 12.5. The summed E-state index contributed by atoms with van der Waals surface area (Å²) in [6, 6.07) is 5.98. The zero-order chi connectivity index (χ0) is 15.9. The largest absolute Gasteiger partial charge is 0.325 e. The number of carbonyl (C=O) groups excluding carboxylic acids is 1. The SMILES string of the molecule is N#CN1CCC2(Cc3cc(-c4cncnc4)ccc3NC2=O)C1. The van der Waals surface area contributed by atoms with Gasteiger partial charge in [0.2, 0.25) is 5.91 Å².